The number of ether oxygens (including phenoxy) is 2. The summed E-state index contributed by atoms with van der Waals surface area (Å²) in [5.41, 5.74) is 7.54. The molecule has 0 saturated carbocycles. The van der Waals surface area contributed by atoms with E-state index in [9.17, 15) is 4.79 Å². The molecule has 7 nitrogen and oxygen atoms in total. The minimum Gasteiger partial charge on any atom is -0.496 e. The third kappa shape index (κ3) is 4.22. The van der Waals surface area contributed by atoms with Gasteiger partial charge in [-0.15, -0.1) is 0 Å². The van der Waals surface area contributed by atoms with Crippen LogP contribution in [-0.2, 0) is 11.4 Å². The SMILES string of the molecule is COc1cccc(OC)c1CON=Cc1cc(C(N)=O)cc(C)n1. The number of methoxy groups -OCH3 is 2. The Balaban J connectivity index is 2.10. The van der Waals surface area contributed by atoms with Crippen LogP contribution in [0, 0.1) is 6.92 Å². The van der Waals surface area contributed by atoms with Crippen molar-refractivity contribution < 1.29 is 19.1 Å². The molecule has 1 aromatic heterocycles. The Morgan fingerprint density at radius 2 is 1.92 bits per heavy atom. The third-order valence-corrected chi connectivity index (χ3v) is 3.26. The summed E-state index contributed by atoms with van der Waals surface area (Å²) in [6.45, 7) is 1.93. The fourth-order valence-electron chi connectivity index (χ4n) is 2.17. The second-order valence-corrected chi connectivity index (χ2v) is 4.94. The molecule has 126 valence electrons. The van der Waals surface area contributed by atoms with Crippen molar-refractivity contribution in [2.45, 2.75) is 13.5 Å². The molecule has 0 spiro atoms. The maximum absolute atomic E-state index is 11.3. The second kappa shape index (κ2) is 7.96. The summed E-state index contributed by atoms with van der Waals surface area (Å²) in [5.74, 6) is 0.776. The minimum absolute atomic E-state index is 0.165. The lowest BCUT2D eigenvalue weighted by atomic mass is 10.2. The number of carbonyl (C=O) groups is 1. The van der Waals surface area contributed by atoms with Crippen LogP contribution >= 0.6 is 0 Å². The molecule has 2 rings (SSSR count). The molecule has 2 N–H and O–H groups in total. The van der Waals surface area contributed by atoms with Crippen LogP contribution in [0.2, 0.25) is 0 Å². The van der Waals surface area contributed by atoms with Gasteiger partial charge in [-0.2, -0.15) is 0 Å². The minimum atomic E-state index is -0.519. The Kier molecular flexibility index (Phi) is 5.73. The maximum Gasteiger partial charge on any atom is 0.248 e. The summed E-state index contributed by atoms with van der Waals surface area (Å²) >= 11 is 0. The summed E-state index contributed by atoms with van der Waals surface area (Å²) in [6.07, 6.45) is 1.42. The molecule has 0 radical (unpaired) electrons. The van der Waals surface area contributed by atoms with Crippen LogP contribution in [0.4, 0.5) is 0 Å². The van der Waals surface area contributed by atoms with Crippen LogP contribution in [0.25, 0.3) is 0 Å². The molecule has 0 aliphatic heterocycles. The first kappa shape index (κ1) is 17.3. The van der Waals surface area contributed by atoms with Gasteiger partial charge in [0.2, 0.25) is 5.91 Å². The quantitative estimate of drug-likeness (QED) is 0.619. The average molecular weight is 329 g/mol. The Morgan fingerprint density at radius 3 is 2.50 bits per heavy atom. The van der Waals surface area contributed by atoms with Crippen LogP contribution in [0.3, 0.4) is 0 Å². The monoisotopic (exact) mass is 329 g/mol. The van der Waals surface area contributed by atoms with Gasteiger partial charge in [-0.3, -0.25) is 9.78 Å². The van der Waals surface area contributed by atoms with Crippen molar-refractivity contribution in [3.63, 3.8) is 0 Å². The Morgan fingerprint density at radius 1 is 1.25 bits per heavy atom. The van der Waals surface area contributed by atoms with Crippen LogP contribution in [0.5, 0.6) is 11.5 Å². The number of carbonyl (C=O) groups excluding carboxylic acids is 1. The molecule has 24 heavy (non-hydrogen) atoms. The lowest BCUT2D eigenvalue weighted by Crippen LogP contribution is -2.12. The number of pyridine rings is 1. The van der Waals surface area contributed by atoms with E-state index in [4.69, 9.17) is 20.0 Å². The van der Waals surface area contributed by atoms with Crippen molar-refractivity contribution in [2.24, 2.45) is 10.9 Å². The van der Waals surface area contributed by atoms with Gasteiger partial charge in [0.1, 0.15) is 18.1 Å². The largest absolute Gasteiger partial charge is 0.496 e. The van der Waals surface area contributed by atoms with Crippen molar-refractivity contribution in [3.8, 4) is 11.5 Å². The molecule has 1 aromatic carbocycles. The molecule has 0 aliphatic rings. The van der Waals surface area contributed by atoms with E-state index in [1.807, 2.05) is 18.2 Å². The van der Waals surface area contributed by atoms with E-state index in [2.05, 4.69) is 10.1 Å². The topological polar surface area (TPSA) is 96.0 Å². The van der Waals surface area contributed by atoms with E-state index in [-0.39, 0.29) is 6.61 Å². The highest BCUT2D eigenvalue weighted by Gasteiger charge is 2.10. The number of amides is 1. The molecular weight excluding hydrogens is 310 g/mol. The molecule has 0 bridgehead atoms. The number of rotatable bonds is 7. The number of nitrogens with two attached hydrogens (primary N) is 1. The van der Waals surface area contributed by atoms with Crippen molar-refractivity contribution in [2.75, 3.05) is 14.2 Å². The second-order valence-electron chi connectivity index (χ2n) is 4.94. The molecule has 1 amide bonds. The predicted octanol–water partition coefficient (Wildman–Crippen LogP) is 2.06. The van der Waals surface area contributed by atoms with Gasteiger partial charge >= 0.3 is 0 Å². The third-order valence-electron chi connectivity index (χ3n) is 3.26. The number of primary amides is 1. The van der Waals surface area contributed by atoms with E-state index in [1.165, 1.54) is 6.21 Å². The van der Waals surface area contributed by atoms with Crippen molar-refractivity contribution in [3.05, 3.63) is 52.8 Å². The van der Waals surface area contributed by atoms with Gasteiger partial charge in [-0.05, 0) is 31.2 Å². The lowest BCUT2D eigenvalue weighted by Gasteiger charge is -2.11. The Hall–Kier alpha value is -3.09. The molecule has 7 heteroatoms. The summed E-state index contributed by atoms with van der Waals surface area (Å²) in [7, 11) is 3.15. The number of oxime groups is 1. The van der Waals surface area contributed by atoms with Gasteiger partial charge in [0.05, 0.1) is 31.7 Å². The number of nitrogens with zero attached hydrogens (tertiary/aromatic N) is 2. The first-order valence-electron chi connectivity index (χ1n) is 7.19. The lowest BCUT2D eigenvalue weighted by molar-refractivity contribution is 0.1000. The molecule has 0 aliphatic carbocycles. The molecule has 0 saturated heterocycles. The van der Waals surface area contributed by atoms with Gasteiger partial charge in [0.25, 0.3) is 0 Å². The zero-order valence-corrected chi connectivity index (χ0v) is 13.8. The fourth-order valence-corrected chi connectivity index (χ4v) is 2.17. The van der Waals surface area contributed by atoms with E-state index in [0.717, 1.165) is 5.56 Å². The zero-order chi connectivity index (χ0) is 17.5. The summed E-state index contributed by atoms with van der Waals surface area (Å²) in [4.78, 5) is 20.8. The first-order chi connectivity index (χ1) is 11.5. The Bertz CT molecular complexity index is 737. The predicted molar refractivity (Wildman–Crippen MR) is 89.4 cm³/mol. The van der Waals surface area contributed by atoms with E-state index in [1.54, 1.807) is 33.3 Å². The van der Waals surface area contributed by atoms with Crippen LogP contribution in [0.1, 0.15) is 27.3 Å². The maximum atomic E-state index is 11.3. The van der Waals surface area contributed by atoms with Gasteiger partial charge in [0, 0.05) is 11.3 Å². The van der Waals surface area contributed by atoms with Crippen molar-refractivity contribution in [1.29, 1.82) is 0 Å². The number of aryl methyl sites for hydroxylation is 1. The number of hydrogen-bond donors (Lipinski definition) is 1. The van der Waals surface area contributed by atoms with Crippen molar-refractivity contribution in [1.82, 2.24) is 4.98 Å². The summed E-state index contributed by atoms with van der Waals surface area (Å²) < 4.78 is 10.6. The van der Waals surface area contributed by atoms with Crippen LogP contribution in [-0.4, -0.2) is 31.3 Å². The number of aromatic nitrogens is 1. The summed E-state index contributed by atoms with van der Waals surface area (Å²) in [6, 6.07) is 8.61. The highest BCUT2D eigenvalue weighted by Crippen LogP contribution is 2.28. The normalized spacial score (nSPS) is 10.6. The van der Waals surface area contributed by atoms with Crippen LogP contribution in [0.15, 0.2) is 35.5 Å². The average Bonchev–Trinajstić information content (AvgIpc) is 2.57. The molecule has 0 unspecified atom stereocenters. The molecule has 1 heterocycles. The molecule has 0 fully saturated rings. The number of hydrogen-bond acceptors (Lipinski definition) is 6. The fraction of sp³-hybridized carbons (Fsp3) is 0.235. The molecular formula is C17H19N3O4. The Labute approximate surface area is 140 Å². The molecule has 2 aromatic rings. The summed E-state index contributed by atoms with van der Waals surface area (Å²) in [5, 5.41) is 3.88. The van der Waals surface area contributed by atoms with Gasteiger partial charge < -0.3 is 20.0 Å². The van der Waals surface area contributed by atoms with Crippen LogP contribution < -0.4 is 15.2 Å². The van der Waals surface area contributed by atoms with E-state index < -0.39 is 5.91 Å². The molecule has 0 atom stereocenters. The van der Waals surface area contributed by atoms with E-state index >= 15 is 0 Å². The highest BCUT2D eigenvalue weighted by atomic mass is 16.6. The van der Waals surface area contributed by atoms with E-state index in [0.29, 0.717) is 28.5 Å². The van der Waals surface area contributed by atoms with Gasteiger partial charge in [0.15, 0.2) is 0 Å². The van der Waals surface area contributed by atoms with Gasteiger partial charge in [-0.1, -0.05) is 11.2 Å². The standard InChI is InChI=1S/C17H19N3O4/c1-11-7-12(17(18)21)8-13(20-11)9-19-24-10-14-15(22-2)5-4-6-16(14)23-3/h4-9H,10H2,1-3H3,(H2,18,21). The first-order valence-corrected chi connectivity index (χ1v) is 7.19. The number of benzene rings is 1. The van der Waals surface area contributed by atoms with Crippen molar-refractivity contribution >= 4 is 12.1 Å². The zero-order valence-electron chi connectivity index (χ0n) is 13.8. The highest BCUT2D eigenvalue weighted by molar-refractivity contribution is 5.94. The van der Waals surface area contributed by atoms with Gasteiger partial charge in [-0.25, -0.2) is 0 Å². The smallest absolute Gasteiger partial charge is 0.248 e.